The van der Waals surface area contributed by atoms with Crippen molar-refractivity contribution in [2.75, 3.05) is 0 Å². The summed E-state index contributed by atoms with van der Waals surface area (Å²) in [4.78, 5) is 12.8. The predicted octanol–water partition coefficient (Wildman–Crippen LogP) is 5.22. The van der Waals surface area contributed by atoms with Crippen molar-refractivity contribution < 1.29 is 9.21 Å². The second kappa shape index (κ2) is 8.29. The first-order valence-corrected chi connectivity index (χ1v) is 9.50. The number of nitrogens with zero attached hydrogens (tertiary/aromatic N) is 2. The number of halogens is 1. The fourth-order valence-electron chi connectivity index (χ4n) is 2.95. The number of carbonyl (C=O) groups is 1. The van der Waals surface area contributed by atoms with Gasteiger partial charge in [0.1, 0.15) is 6.04 Å². The van der Waals surface area contributed by atoms with Crippen LogP contribution in [0, 0.1) is 6.92 Å². The summed E-state index contributed by atoms with van der Waals surface area (Å²) in [7, 11) is 0. The predicted molar refractivity (Wildman–Crippen MR) is 112 cm³/mol. The van der Waals surface area contributed by atoms with E-state index in [1.807, 2.05) is 67.6 Å². The zero-order valence-electron chi connectivity index (χ0n) is 15.7. The average molecular weight is 404 g/mol. The molecule has 0 saturated carbocycles. The second-order valence-corrected chi connectivity index (χ2v) is 7.02. The summed E-state index contributed by atoms with van der Waals surface area (Å²) in [5, 5.41) is 11.8. The molecule has 1 aromatic heterocycles. The Hall–Kier alpha value is -3.44. The number of aromatic nitrogens is 2. The van der Waals surface area contributed by atoms with Crippen molar-refractivity contribution in [1.82, 2.24) is 15.5 Å². The van der Waals surface area contributed by atoms with Crippen LogP contribution in [0.25, 0.3) is 11.5 Å². The van der Waals surface area contributed by atoms with Crippen molar-refractivity contribution in [3.05, 3.63) is 106 Å². The summed E-state index contributed by atoms with van der Waals surface area (Å²) in [5.41, 5.74) is 3.12. The molecule has 1 N–H and O–H groups in total. The highest BCUT2D eigenvalue weighted by molar-refractivity contribution is 6.33. The van der Waals surface area contributed by atoms with Crippen LogP contribution in [-0.2, 0) is 0 Å². The van der Waals surface area contributed by atoms with Crippen LogP contribution in [0.3, 0.4) is 0 Å². The Morgan fingerprint density at radius 3 is 2.34 bits per heavy atom. The SMILES string of the molecule is Cc1ccc(C(=O)NC(c2ccccc2)c2nnc(-c3ccccc3Cl)o2)cc1. The van der Waals surface area contributed by atoms with Crippen LogP contribution in [0.4, 0.5) is 0 Å². The van der Waals surface area contributed by atoms with Crippen LogP contribution in [0.15, 0.2) is 83.3 Å². The van der Waals surface area contributed by atoms with Crippen LogP contribution >= 0.6 is 11.6 Å². The number of benzene rings is 3. The van der Waals surface area contributed by atoms with E-state index in [0.29, 0.717) is 22.0 Å². The van der Waals surface area contributed by atoms with Gasteiger partial charge in [-0.2, -0.15) is 0 Å². The molecule has 0 saturated heterocycles. The third kappa shape index (κ3) is 4.20. The van der Waals surface area contributed by atoms with Crippen molar-refractivity contribution in [2.24, 2.45) is 0 Å². The average Bonchev–Trinajstić information content (AvgIpc) is 3.23. The number of hydrogen-bond acceptors (Lipinski definition) is 4. The maximum absolute atomic E-state index is 12.8. The number of hydrogen-bond donors (Lipinski definition) is 1. The molecule has 3 aromatic carbocycles. The highest BCUT2D eigenvalue weighted by atomic mass is 35.5. The maximum atomic E-state index is 12.8. The Bertz CT molecular complexity index is 1120. The zero-order valence-corrected chi connectivity index (χ0v) is 16.4. The van der Waals surface area contributed by atoms with Gasteiger partial charge in [-0.1, -0.05) is 71.8 Å². The van der Waals surface area contributed by atoms with Crippen LogP contribution in [0.1, 0.15) is 33.4 Å². The third-order valence-corrected chi connectivity index (χ3v) is 4.84. The molecule has 0 radical (unpaired) electrons. The molecular weight excluding hydrogens is 386 g/mol. The van der Waals surface area contributed by atoms with E-state index in [2.05, 4.69) is 15.5 Å². The third-order valence-electron chi connectivity index (χ3n) is 4.51. The lowest BCUT2D eigenvalue weighted by Gasteiger charge is -2.16. The number of amides is 1. The highest BCUT2D eigenvalue weighted by Crippen LogP contribution is 2.29. The molecule has 1 unspecified atom stereocenters. The van der Waals surface area contributed by atoms with Crippen molar-refractivity contribution in [3.8, 4) is 11.5 Å². The minimum absolute atomic E-state index is 0.226. The van der Waals surface area contributed by atoms with E-state index in [0.717, 1.165) is 11.1 Å². The molecule has 0 aliphatic heterocycles. The van der Waals surface area contributed by atoms with Crippen molar-refractivity contribution >= 4 is 17.5 Å². The Kier molecular flexibility index (Phi) is 5.40. The monoisotopic (exact) mass is 403 g/mol. The summed E-state index contributed by atoms with van der Waals surface area (Å²) < 4.78 is 5.90. The van der Waals surface area contributed by atoms with Crippen molar-refractivity contribution in [1.29, 1.82) is 0 Å². The fraction of sp³-hybridized carbons (Fsp3) is 0.0870. The topological polar surface area (TPSA) is 68.0 Å². The summed E-state index contributed by atoms with van der Waals surface area (Å²) in [6.45, 7) is 1.98. The molecule has 0 bridgehead atoms. The number of rotatable bonds is 5. The standard InChI is InChI=1S/C23H18ClN3O2/c1-15-11-13-17(14-12-15)21(28)25-20(16-7-3-2-4-8-16)23-27-26-22(29-23)18-9-5-6-10-19(18)24/h2-14,20H,1H3,(H,25,28). The molecule has 4 rings (SSSR count). The van der Waals surface area contributed by atoms with Gasteiger partial charge in [-0.15, -0.1) is 10.2 Å². The van der Waals surface area contributed by atoms with Crippen LogP contribution in [0.5, 0.6) is 0 Å². The van der Waals surface area contributed by atoms with Crippen LogP contribution in [0.2, 0.25) is 5.02 Å². The first-order valence-electron chi connectivity index (χ1n) is 9.12. The molecule has 4 aromatic rings. The summed E-state index contributed by atoms with van der Waals surface area (Å²) in [6.07, 6.45) is 0. The quantitative estimate of drug-likeness (QED) is 0.496. The second-order valence-electron chi connectivity index (χ2n) is 6.61. The Labute approximate surface area is 173 Å². The van der Waals surface area contributed by atoms with E-state index in [-0.39, 0.29) is 11.8 Å². The Balaban J connectivity index is 1.68. The molecular formula is C23H18ClN3O2. The van der Waals surface area contributed by atoms with E-state index in [9.17, 15) is 4.79 Å². The number of aryl methyl sites for hydroxylation is 1. The number of nitrogens with one attached hydrogen (secondary N) is 1. The summed E-state index contributed by atoms with van der Waals surface area (Å²) in [6, 6.07) is 23.5. The minimum atomic E-state index is -0.589. The molecule has 1 amide bonds. The Morgan fingerprint density at radius 2 is 1.62 bits per heavy atom. The van der Waals surface area contributed by atoms with E-state index >= 15 is 0 Å². The normalized spacial score (nSPS) is 11.8. The van der Waals surface area contributed by atoms with Crippen LogP contribution < -0.4 is 5.32 Å². The molecule has 0 fully saturated rings. The number of carbonyl (C=O) groups excluding carboxylic acids is 1. The molecule has 1 atom stereocenters. The van der Waals surface area contributed by atoms with Gasteiger partial charge < -0.3 is 9.73 Å². The van der Waals surface area contributed by atoms with Gasteiger partial charge in [0.2, 0.25) is 11.8 Å². The first kappa shape index (κ1) is 18.9. The molecule has 0 spiro atoms. The minimum Gasteiger partial charge on any atom is -0.418 e. The van der Waals surface area contributed by atoms with E-state index < -0.39 is 6.04 Å². The smallest absolute Gasteiger partial charge is 0.252 e. The largest absolute Gasteiger partial charge is 0.418 e. The first-order chi connectivity index (χ1) is 14.1. The maximum Gasteiger partial charge on any atom is 0.252 e. The summed E-state index contributed by atoms with van der Waals surface area (Å²) in [5.74, 6) is 0.360. The lowest BCUT2D eigenvalue weighted by molar-refractivity contribution is 0.0938. The van der Waals surface area contributed by atoms with Gasteiger partial charge in [0, 0.05) is 5.56 Å². The molecule has 0 aliphatic carbocycles. The van der Waals surface area contributed by atoms with Gasteiger partial charge in [-0.05, 0) is 36.8 Å². The van der Waals surface area contributed by atoms with Crippen molar-refractivity contribution in [3.63, 3.8) is 0 Å². The van der Waals surface area contributed by atoms with E-state index in [4.69, 9.17) is 16.0 Å². The molecule has 6 heteroatoms. The van der Waals surface area contributed by atoms with Crippen LogP contribution in [-0.4, -0.2) is 16.1 Å². The Morgan fingerprint density at radius 1 is 0.931 bits per heavy atom. The van der Waals surface area contributed by atoms with Gasteiger partial charge in [0.15, 0.2) is 0 Å². The lowest BCUT2D eigenvalue weighted by Crippen LogP contribution is -2.29. The summed E-state index contributed by atoms with van der Waals surface area (Å²) >= 11 is 6.24. The van der Waals surface area contributed by atoms with Gasteiger partial charge in [0.25, 0.3) is 5.91 Å². The fourth-order valence-corrected chi connectivity index (χ4v) is 3.16. The molecule has 144 valence electrons. The van der Waals surface area contributed by atoms with E-state index in [1.165, 1.54) is 0 Å². The van der Waals surface area contributed by atoms with Gasteiger partial charge in [-0.3, -0.25) is 4.79 Å². The molecule has 5 nitrogen and oxygen atoms in total. The van der Waals surface area contributed by atoms with Gasteiger partial charge in [-0.25, -0.2) is 0 Å². The van der Waals surface area contributed by atoms with E-state index in [1.54, 1.807) is 18.2 Å². The lowest BCUT2D eigenvalue weighted by atomic mass is 10.1. The molecule has 1 heterocycles. The molecule has 29 heavy (non-hydrogen) atoms. The van der Waals surface area contributed by atoms with Gasteiger partial charge in [0.05, 0.1) is 10.6 Å². The van der Waals surface area contributed by atoms with Crippen molar-refractivity contribution in [2.45, 2.75) is 13.0 Å². The molecule has 0 aliphatic rings. The van der Waals surface area contributed by atoms with Gasteiger partial charge >= 0.3 is 0 Å². The zero-order chi connectivity index (χ0) is 20.2. The highest BCUT2D eigenvalue weighted by Gasteiger charge is 2.24.